The van der Waals surface area contributed by atoms with E-state index in [1.807, 2.05) is 4.90 Å². The third-order valence-electron chi connectivity index (χ3n) is 2.96. The van der Waals surface area contributed by atoms with Gasteiger partial charge in [0.05, 0.1) is 0 Å². The quantitative estimate of drug-likeness (QED) is 0.633. The third-order valence-corrected chi connectivity index (χ3v) is 2.96. The zero-order valence-corrected chi connectivity index (χ0v) is 10.2. The molecule has 0 radical (unpaired) electrons. The van der Waals surface area contributed by atoms with E-state index in [-0.39, 0.29) is 5.91 Å². The van der Waals surface area contributed by atoms with Gasteiger partial charge in [0.15, 0.2) is 0 Å². The second-order valence-corrected chi connectivity index (χ2v) is 6.24. The Balaban J connectivity index is 2.58. The van der Waals surface area contributed by atoms with E-state index in [0.717, 1.165) is 19.5 Å². The smallest absolute Gasteiger partial charge is 0.219 e. The van der Waals surface area contributed by atoms with Gasteiger partial charge in [-0.15, -0.1) is 0 Å². The molecule has 1 rings (SSSR count). The van der Waals surface area contributed by atoms with Gasteiger partial charge in [-0.3, -0.25) is 4.79 Å². The van der Waals surface area contributed by atoms with Crippen molar-refractivity contribution >= 4 is 5.91 Å². The van der Waals surface area contributed by atoms with Gasteiger partial charge in [0.1, 0.15) is 0 Å². The summed E-state index contributed by atoms with van der Waals surface area (Å²) in [5.41, 5.74) is 0.700. The highest BCUT2D eigenvalue weighted by Gasteiger charge is 2.37. The number of rotatable bonds is 1. The van der Waals surface area contributed by atoms with Crippen LogP contribution < -0.4 is 0 Å². The van der Waals surface area contributed by atoms with Crippen LogP contribution >= 0.6 is 0 Å². The Bertz CT molecular complexity index is 229. The molecule has 1 heterocycles. The Labute approximate surface area is 87.7 Å². The Morgan fingerprint density at radius 2 is 2.00 bits per heavy atom. The number of carbonyl (C=O) groups is 1. The molecule has 1 aliphatic rings. The maximum absolute atomic E-state index is 11.2. The first-order valence-electron chi connectivity index (χ1n) is 5.47. The third kappa shape index (κ3) is 3.00. The summed E-state index contributed by atoms with van der Waals surface area (Å²) >= 11 is 0. The van der Waals surface area contributed by atoms with Crippen molar-refractivity contribution < 1.29 is 4.79 Å². The largest absolute Gasteiger partial charge is 0.342 e. The van der Waals surface area contributed by atoms with Crippen LogP contribution in [0, 0.1) is 10.8 Å². The SMILES string of the molecule is CC(=O)N1CCC(C)(CC(C)(C)C)C1. The van der Waals surface area contributed by atoms with Crippen LogP contribution in [0.25, 0.3) is 0 Å². The lowest BCUT2D eigenvalue weighted by molar-refractivity contribution is -0.128. The van der Waals surface area contributed by atoms with E-state index in [1.165, 1.54) is 6.42 Å². The summed E-state index contributed by atoms with van der Waals surface area (Å²) in [4.78, 5) is 13.2. The van der Waals surface area contributed by atoms with E-state index >= 15 is 0 Å². The Morgan fingerprint density at radius 3 is 2.36 bits per heavy atom. The molecule has 0 saturated carbocycles. The standard InChI is InChI=1S/C12H23NO/c1-10(14)13-7-6-12(5,9-13)8-11(2,3)4/h6-9H2,1-5H3. The first kappa shape index (κ1) is 11.5. The molecule has 2 nitrogen and oxygen atoms in total. The predicted molar refractivity (Wildman–Crippen MR) is 59.1 cm³/mol. The Kier molecular flexibility index (Phi) is 2.93. The van der Waals surface area contributed by atoms with Gasteiger partial charge in [-0.05, 0) is 23.7 Å². The van der Waals surface area contributed by atoms with Gasteiger partial charge in [0, 0.05) is 20.0 Å². The van der Waals surface area contributed by atoms with E-state index in [0.29, 0.717) is 10.8 Å². The van der Waals surface area contributed by atoms with Crippen LogP contribution in [-0.2, 0) is 4.79 Å². The maximum atomic E-state index is 11.2. The summed E-state index contributed by atoms with van der Waals surface area (Å²) in [6, 6.07) is 0. The van der Waals surface area contributed by atoms with Crippen molar-refractivity contribution in [3.8, 4) is 0 Å². The van der Waals surface area contributed by atoms with E-state index < -0.39 is 0 Å². The molecule has 0 aromatic heterocycles. The summed E-state index contributed by atoms with van der Waals surface area (Å²) < 4.78 is 0. The minimum atomic E-state index is 0.225. The molecule has 1 fully saturated rings. The van der Waals surface area contributed by atoms with Crippen LogP contribution in [0.5, 0.6) is 0 Å². The first-order valence-corrected chi connectivity index (χ1v) is 5.47. The van der Waals surface area contributed by atoms with Crippen LogP contribution in [0.4, 0.5) is 0 Å². The summed E-state index contributed by atoms with van der Waals surface area (Å²) in [6.07, 6.45) is 2.35. The molecule has 0 spiro atoms. The highest BCUT2D eigenvalue weighted by Crippen LogP contribution is 2.40. The summed E-state index contributed by atoms with van der Waals surface area (Å²) in [7, 11) is 0. The van der Waals surface area contributed by atoms with E-state index in [9.17, 15) is 4.79 Å². The number of hydrogen-bond acceptors (Lipinski definition) is 1. The molecular weight excluding hydrogens is 174 g/mol. The maximum Gasteiger partial charge on any atom is 0.219 e. The summed E-state index contributed by atoms with van der Waals surface area (Å²) in [5.74, 6) is 0.225. The lowest BCUT2D eigenvalue weighted by atomic mass is 9.74. The number of likely N-dealkylation sites (tertiary alicyclic amines) is 1. The fourth-order valence-electron chi connectivity index (χ4n) is 2.72. The summed E-state index contributed by atoms with van der Waals surface area (Å²) in [6.45, 7) is 12.7. The van der Waals surface area contributed by atoms with Gasteiger partial charge in [-0.25, -0.2) is 0 Å². The molecule has 82 valence electrons. The Hall–Kier alpha value is -0.530. The van der Waals surface area contributed by atoms with Crippen molar-refractivity contribution in [3.05, 3.63) is 0 Å². The molecular formula is C12H23NO. The average molecular weight is 197 g/mol. The van der Waals surface area contributed by atoms with Crippen molar-refractivity contribution in [2.24, 2.45) is 10.8 Å². The monoisotopic (exact) mass is 197 g/mol. The van der Waals surface area contributed by atoms with Crippen molar-refractivity contribution in [1.29, 1.82) is 0 Å². The van der Waals surface area contributed by atoms with Crippen molar-refractivity contribution in [3.63, 3.8) is 0 Å². The number of carbonyl (C=O) groups excluding carboxylic acids is 1. The van der Waals surface area contributed by atoms with Crippen LogP contribution in [0.2, 0.25) is 0 Å². The molecule has 1 amide bonds. The molecule has 0 aromatic rings. The van der Waals surface area contributed by atoms with Crippen LogP contribution in [0.15, 0.2) is 0 Å². The van der Waals surface area contributed by atoms with Crippen LogP contribution in [0.1, 0.15) is 47.5 Å². The predicted octanol–water partition coefficient (Wildman–Crippen LogP) is 2.68. The minimum absolute atomic E-state index is 0.225. The van der Waals surface area contributed by atoms with Crippen LogP contribution in [0.3, 0.4) is 0 Å². The van der Waals surface area contributed by atoms with Crippen molar-refractivity contribution in [2.75, 3.05) is 13.1 Å². The molecule has 1 saturated heterocycles. The number of nitrogens with zero attached hydrogens (tertiary/aromatic N) is 1. The molecule has 1 aliphatic heterocycles. The fraction of sp³-hybridized carbons (Fsp3) is 0.917. The van der Waals surface area contributed by atoms with E-state index in [2.05, 4.69) is 27.7 Å². The van der Waals surface area contributed by atoms with Gasteiger partial charge < -0.3 is 4.90 Å². The molecule has 14 heavy (non-hydrogen) atoms. The topological polar surface area (TPSA) is 20.3 Å². The fourth-order valence-corrected chi connectivity index (χ4v) is 2.72. The van der Waals surface area contributed by atoms with Gasteiger partial charge in [-0.1, -0.05) is 27.7 Å². The zero-order valence-electron chi connectivity index (χ0n) is 10.2. The second kappa shape index (κ2) is 3.56. The second-order valence-electron chi connectivity index (χ2n) is 6.24. The summed E-state index contributed by atoms with van der Waals surface area (Å²) in [5, 5.41) is 0. The van der Waals surface area contributed by atoms with E-state index in [4.69, 9.17) is 0 Å². The number of hydrogen-bond donors (Lipinski definition) is 0. The molecule has 0 bridgehead atoms. The van der Waals surface area contributed by atoms with Gasteiger partial charge in [-0.2, -0.15) is 0 Å². The normalized spacial score (nSPS) is 28.2. The molecule has 1 unspecified atom stereocenters. The highest BCUT2D eigenvalue weighted by atomic mass is 16.2. The van der Waals surface area contributed by atoms with Crippen molar-refractivity contribution in [1.82, 2.24) is 4.90 Å². The van der Waals surface area contributed by atoms with Gasteiger partial charge >= 0.3 is 0 Å². The van der Waals surface area contributed by atoms with Gasteiger partial charge in [0.2, 0.25) is 5.91 Å². The average Bonchev–Trinajstić information content (AvgIpc) is 2.27. The highest BCUT2D eigenvalue weighted by molar-refractivity contribution is 5.73. The van der Waals surface area contributed by atoms with Gasteiger partial charge in [0.25, 0.3) is 0 Å². The van der Waals surface area contributed by atoms with E-state index in [1.54, 1.807) is 6.92 Å². The molecule has 0 aliphatic carbocycles. The zero-order chi connectivity index (χ0) is 11.0. The molecule has 2 heteroatoms. The number of amides is 1. The Morgan fingerprint density at radius 1 is 1.43 bits per heavy atom. The lowest BCUT2D eigenvalue weighted by Gasteiger charge is -2.32. The molecule has 1 atom stereocenters. The first-order chi connectivity index (χ1) is 6.22. The van der Waals surface area contributed by atoms with Crippen LogP contribution in [-0.4, -0.2) is 23.9 Å². The van der Waals surface area contributed by atoms with Crippen molar-refractivity contribution in [2.45, 2.75) is 47.5 Å². The molecule has 0 aromatic carbocycles. The minimum Gasteiger partial charge on any atom is -0.342 e. The molecule has 0 N–H and O–H groups in total. The lowest BCUT2D eigenvalue weighted by Crippen LogP contribution is -2.31.